The topological polar surface area (TPSA) is 41.6 Å². The molecule has 0 unspecified atom stereocenters. The molecule has 0 saturated carbocycles. The van der Waals surface area contributed by atoms with Crippen molar-refractivity contribution in [2.24, 2.45) is 0 Å². The fraction of sp³-hybridized carbons (Fsp3) is 0.316. The van der Waals surface area contributed by atoms with Crippen LogP contribution in [0.1, 0.15) is 18.1 Å². The van der Waals surface area contributed by atoms with Crippen molar-refractivity contribution in [3.63, 3.8) is 0 Å². The van der Waals surface area contributed by atoms with Gasteiger partial charge in [0.2, 0.25) is 5.91 Å². The average molecular weight is 347 g/mol. The van der Waals surface area contributed by atoms with Gasteiger partial charge in [-0.25, -0.2) is 0 Å². The number of likely N-dealkylation sites (N-methyl/N-ethyl adjacent to an activating group) is 1. The zero-order valence-electron chi connectivity index (χ0n) is 14.3. The minimum atomic E-state index is -0.234. The number of amides is 1. The molecule has 0 aliphatic carbocycles. The Hall–Kier alpha value is -2.04. The third-order valence-corrected chi connectivity index (χ3v) is 4.22. The van der Waals surface area contributed by atoms with Gasteiger partial charge in [0.15, 0.2) is 0 Å². The molecule has 1 amide bonds. The largest absolute Gasteiger partial charge is 0.497 e. The Morgan fingerprint density at radius 1 is 1.21 bits per heavy atom. The molecule has 2 rings (SSSR count). The Morgan fingerprint density at radius 3 is 2.54 bits per heavy atom. The molecule has 128 valence electrons. The Balaban J connectivity index is 1.86. The van der Waals surface area contributed by atoms with Gasteiger partial charge >= 0.3 is 0 Å². The fourth-order valence-corrected chi connectivity index (χ4v) is 2.55. The van der Waals surface area contributed by atoms with Gasteiger partial charge in [0.1, 0.15) is 5.75 Å². The van der Waals surface area contributed by atoms with Gasteiger partial charge in [-0.05, 0) is 49.4 Å². The molecular formula is C19H23ClN2O2. The molecule has 0 bridgehead atoms. The van der Waals surface area contributed by atoms with Crippen LogP contribution >= 0.6 is 11.6 Å². The summed E-state index contributed by atoms with van der Waals surface area (Å²) in [5, 5.41) is 3.67. The highest BCUT2D eigenvalue weighted by Gasteiger charge is 2.17. The number of rotatable bonds is 7. The first-order chi connectivity index (χ1) is 11.5. The van der Waals surface area contributed by atoms with Crippen molar-refractivity contribution in [2.75, 3.05) is 14.2 Å². The second-order valence-electron chi connectivity index (χ2n) is 5.79. The number of carbonyl (C=O) groups is 1. The smallest absolute Gasteiger partial charge is 0.237 e. The zero-order chi connectivity index (χ0) is 17.5. The highest BCUT2D eigenvalue weighted by molar-refractivity contribution is 6.30. The van der Waals surface area contributed by atoms with Gasteiger partial charge in [-0.2, -0.15) is 0 Å². The molecule has 0 heterocycles. The number of benzene rings is 2. The summed E-state index contributed by atoms with van der Waals surface area (Å²) in [6.45, 7) is 3.06. The molecular weight excluding hydrogens is 324 g/mol. The number of carbonyl (C=O) groups excluding carboxylic acids is 1. The first kappa shape index (κ1) is 18.3. The number of ether oxygens (including phenoxy) is 1. The third kappa shape index (κ3) is 5.25. The van der Waals surface area contributed by atoms with Crippen LogP contribution in [0.5, 0.6) is 5.75 Å². The van der Waals surface area contributed by atoms with E-state index in [1.807, 2.05) is 67.4 Å². The van der Waals surface area contributed by atoms with Crippen LogP contribution in [0.2, 0.25) is 5.02 Å². The number of nitrogens with one attached hydrogen (secondary N) is 1. The van der Waals surface area contributed by atoms with E-state index in [4.69, 9.17) is 16.3 Å². The highest BCUT2D eigenvalue weighted by atomic mass is 35.5. The summed E-state index contributed by atoms with van der Waals surface area (Å²) in [5.74, 6) is 0.801. The molecule has 1 N–H and O–H groups in total. The van der Waals surface area contributed by atoms with Crippen LogP contribution < -0.4 is 10.1 Å². The van der Waals surface area contributed by atoms with Crippen LogP contribution in [0.25, 0.3) is 0 Å². The summed E-state index contributed by atoms with van der Waals surface area (Å²) in [6.07, 6.45) is 0. The van der Waals surface area contributed by atoms with E-state index in [0.717, 1.165) is 16.9 Å². The molecule has 0 aliphatic heterocycles. The van der Waals surface area contributed by atoms with E-state index in [-0.39, 0.29) is 11.9 Å². The molecule has 2 aromatic carbocycles. The van der Waals surface area contributed by atoms with Crippen LogP contribution in [0.4, 0.5) is 0 Å². The standard InChI is InChI=1S/C19H23ClN2O2/c1-14(22(2)13-16-5-4-6-17(20)11-16)19(23)21-12-15-7-9-18(24-3)10-8-15/h4-11,14H,12-13H2,1-3H3,(H,21,23)/t14-/m0/s1. The number of methoxy groups -OCH3 is 1. The molecule has 4 nitrogen and oxygen atoms in total. The van der Waals surface area contributed by atoms with E-state index in [0.29, 0.717) is 18.1 Å². The lowest BCUT2D eigenvalue weighted by molar-refractivity contribution is -0.125. The number of hydrogen-bond donors (Lipinski definition) is 1. The molecule has 0 radical (unpaired) electrons. The quantitative estimate of drug-likeness (QED) is 0.834. The first-order valence-electron chi connectivity index (χ1n) is 7.85. The summed E-state index contributed by atoms with van der Waals surface area (Å²) >= 11 is 6.00. The second kappa shape index (κ2) is 8.71. The van der Waals surface area contributed by atoms with Gasteiger partial charge < -0.3 is 10.1 Å². The lowest BCUT2D eigenvalue weighted by Crippen LogP contribution is -2.42. The monoisotopic (exact) mass is 346 g/mol. The maximum absolute atomic E-state index is 12.3. The Kier molecular flexibility index (Phi) is 6.64. The third-order valence-electron chi connectivity index (χ3n) is 3.99. The van der Waals surface area contributed by atoms with Crippen LogP contribution in [0, 0.1) is 0 Å². The first-order valence-corrected chi connectivity index (χ1v) is 8.22. The molecule has 1 atom stereocenters. The van der Waals surface area contributed by atoms with E-state index < -0.39 is 0 Å². The molecule has 0 saturated heterocycles. The molecule has 24 heavy (non-hydrogen) atoms. The van der Waals surface area contributed by atoms with Crippen LogP contribution in [0.3, 0.4) is 0 Å². The molecule has 0 aromatic heterocycles. The maximum atomic E-state index is 12.3. The van der Waals surface area contributed by atoms with Crippen LogP contribution in [-0.2, 0) is 17.9 Å². The Bertz CT molecular complexity index is 673. The van der Waals surface area contributed by atoms with Crippen molar-refractivity contribution in [3.8, 4) is 5.75 Å². The molecule has 0 fully saturated rings. The minimum absolute atomic E-state index is 0.00431. The van der Waals surface area contributed by atoms with Crippen molar-refractivity contribution in [1.82, 2.24) is 10.2 Å². The molecule has 5 heteroatoms. The van der Waals surface area contributed by atoms with Crippen molar-refractivity contribution in [1.29, 1.82) is 0 Å². The van der Waals surface area contributed by atoms with E-state index in [1.54, 1.807) is 7.11 Å². The summed E-state index contributed by atoms with van der Waals surface area (Å²) in [4.78, 5) is 14.3. The lowest BCUT2D eigenvalue weighted by Gasteiger charge is -2.24. The van der Waals surface area contributed by atoms with E-state index in [9.17, 15) is 4.79 Å². The van der Waals surface area contributed by atoms with E-state index in [1.165, 1.54) is 0 Å². The predicted octanol–water partition coefficient (Wildman–Crippen LogP) is 3.49. The van der Waals surface area contributed by atoms with Crippen molar-refractivity contribution >= 4 is 17.5 Å². The SMILES string of the molecule is COc1ccc(CNC(=O)[C@H](C)N(C)Cc2cccc(Cl)c2)cc1. The van der Waals surface area contributed by atoms with Gasteiger partial charge in [-0.15, -0.1) is 0 Å². The van der Waals surface area contributed by atoms with Gasteiger partial charge in [-0.3, -0.25) is 9.69 Å². The summed E-state index contributed by atoms with van der Waals surface area (Å²) in [7, 11) is 3.56. The number of nitrogens with zero attached hydrogens (tertiary/aromatic N) is 1. The molecule has 0 spiro atoms. The number of hydrogen-bond acceptors (Lipinski definition) is 3. The normalized spacial score (nSPS) is 12.0. The molecule has 0 aliphatic rings. The van der Waals surface area contributed by atoms with Gasteiger partial charge in [0.25, 0.3) is 0 Å². The van der Waals surface area contributed by atoms with Crippen molar-refractivity contribution in [2.45, 2.75) is 26.1 Å². The Morgan fingerprint density at radius 2 is 1.92 bits per heavy atom. The Labute approximate surface area is 148 Å². The predicted molar refractivity (Wildman–Crippen MR) is 97.2 cm³/mol. The highest BCUT2D eigenvalue weighted by Crippen LogP contribution is 2.14. The van der Waals surface area contributed by atoms with Crippen LogP contribution in [0.15, 0.2) is 48.5 Å². The summed E-state index contributed by atoms with van der Waals surface area (Å²) in [5.41, 5.74) is 2.12. The van der Waals surface area contributed by atoms with Crippen LogP contribution in [-0.4, -0.2) is 31.0 Å². The van der Waals surface area contributed by atoms with E-state index in [2.05, 4.69) is 5.32 Å². The summed E-state index contributed by atoms with van der Waals surface area (Å²) in [6, 6.07) is 15.1. The average Bonchev–Trinajstić information content (AvgIpc) is 2.59. The molecule has 2 aromatic rings. The lowest BCUT2D eigenvalue weighted by atomic mass is 10.1. The second-order valence-corrected chi connectivity index (χ2v) is 6.22. The minimum Gasteiger partial charge on any atom is -0.497 e. The van der Waals surface area contributed by atoms with E-state index >= 15 is 0 Å². The summed E-state index contributed by atoms with van der Waals surface area (Å²) < 4.78 is 5.13. The fourth-order valence-electron chi connectivity index (χ4n) is 2.34. The van der Waals surface area contributed by atoms with Gasteiger partial charge in [0, 0.05) is 18.1 Å². The van der Waals surface area contributed by atoms with Gasteiger partial charge in [0.05, 0.1) is 13.2 Å². The van der Waals surface area contributed by atoms with Crippen molar-refractivity contribution < 1.29 is 9.53 Å². The number of halogens is 1. The van der Waals surface area contributed by atoms with Gasteiger partial charge in [-0.1, -0.05) is 35.9 Å². The van der Waals surface area contributed by atoms with Crippen molar-refractivity contribution in [3.05, 3.63) is 64.7 Å². The zero-order valence-corrected chi connectivity index (χ0v) is 15.0. The maximum Gasteiger partial charge on any atom is 0.237 e.